The van der Waals surface area contributed by atoms with Gasteiger partial charge in [0.25, 0.3) is 0 Å². The standard InChI is InChI=1S/C7H15NO3/c1-8(6-7(10)11)4-2-3-5-9/h9H,2-6H2,1H3,(H,10,11). The van der Waals surface area contributed by atoms with Crippen LogP contribution in [0.4, 0.5) is 0 Å². The van der Waals surface area contributed by atoms with Crippen molar-refractivity contribution in [2.24, 2.45) is 0 Å². The smallest absolute Gasteiger partial charge is 0.317 e. The largest absolute Gasteiger partial charge is 0.480 e. The molecule has 0 aliphatic heterocycles. The predicted octanol–water partition coefficient (Wildman–Crippen LogP) is -0.225. The number of carbonyl (C=O) groups is 1. The van der Waals surface area contributed by atoms with E-state index in [-0.39, 0.29) is 13.2 Å². The molecule has 0 unspecified atom stereocenters. The third-order valence-corrected chi connectivity index (χ3v) is 1.35. The van der Waals surface area contributed by atoms with Crippen LogP contribution in [0.3, 0.4) is 0 Å². The molecule has 2 N–H and O–H groups in total. The predicted molar refractivity (Wildman–Crippen MR) is 41.5 cm³/mol. The van der Waals surface area contributed by atoms with Gasteiger partial charge in [-0.25, -0.2) is 0 Å². The Morgan fingerprint density at radius 1 is 1.45 bits per heavy atom. The van der Waals surface area contributed by atoms with Crippen LogP contribution in [0.2, 0.25) is 0 Å². The highest BCUT2D eigenvalue weighted by Gasteiger charge is 2.02. The first-order chi connectivity index (χ1) is 5.16. The molecule has 0 aromatic rings. The van der Waals surface area contributed by atoms with E-state index in [1.807, 2.05) is 0 Å². The lowest BCUT2D eigenvalue weighted by molar-refractivity contribution is -0.137. The lowest BCUT2D eigenvalue weighted by Gasteiger charge is -2.12. The molecule has 0 radical (unpaired) electrons. The zero-order chi connectivity index (χ0) is 8.69. The van der Waals surface area contributed by atoms with E-state index < -0.39 is 5.97 Å². The highest BCUT2D eigenvalue weighted by Crippen LogP contribution is 1.90. The first-order valence-corrected chi connectivity index (χ1v) is 3.68. The number of aliphatic carboxylic acids is 1. The van der Waals surface area contributed by atoms with Crippen molar-refractivity contribution in [3.63, 3.8) is 0 Å². The molecule has 0 rings (SSSR count). The van der Waals surface area contributed by atoms with Crippen molar-refractivity contribution < 1.29 is 15.0 Å². The van der Waals surface area contributed by atoms with Crippen molar-refractivity contribution in [3.05, 3.63) is 0 Å². The Kier molecular flexibility index (Phi) is 5.78. The Labute approximate surface area is 66.4 Å². The number of carboxylic acid groups (broad SMARTS) is 1. The second-order valence-corrected chi connectivity index (χ2v) is 2.56. The van der Waals surface area contributed by atoms with Gasteiger partial charge in [-0.15, -0.1) is 0 Å². The molecule has 0 bridgehead atoms. The molecule has 66 valence electrons. The lowest BCUT2D eigenvalue weighted by Crippen LogP contribution is -2.26. The van der Waals surface area contributed by atoms with Crippen LogP contribution in [0.1, 0.15) is 12.8 Å². The molecule has 0 aliphatic rings. The fourth-order valence-corrected chi connectivity index (χ4v) is 0.803. The number of hydrogen-bond acceptors (Lipinski definition) is 3. The normalized spacial score (nSPS) is 10.5. The summed E-state index contributed by atoms with van der Waals surface area (Å²) in [5.74, 6) is -0.809. The van der Waals surface area contributed by atoms with Gasteiger partial charge in [0.2, 0.25) is 0 Å². The molecule has 4 nitrogen and oxygen atoms in total. The maximum absolute atomic E-state index is 10.2. The van der Waals surface area contributed by atoms with Crippen molar-refractivity contribution >= 4 is 5.97 Å². The fourth-order valence-electron chi connectivity index (χ4n) is 0.803. The Morgan fingerprint density at radius 3 is 2.55 bits per heavy atom. The van der Waals surface area contributed by atoms with Crippen LogP contribution in [-0.2, 0) is 4.79 Å². The van der Waals surface area contributed by atoms with E-state index in [1.54, 1.807) is 11.9 Å². The number of nitrogens with zero attached hydrogens (tertiary/aromatic N) is 1. The van der Waals surface area contributed by atoms with Crippen LogP contribution in [0, 0.1) is 0 Å². The van der Waals surface area contributed by atoms with Gasteiger partial charge in [0, 0.05) is 6.61 Å². The van der Waals surface area contributed by atoms with Crippen molar-refractivity contribution in [1.29, 1.82) is 0 Å². The van der Waals surface area contributed by atoms with E-state index in [1.165, 1.54) is 0 Å². The SMILES string of the molecule is CN(CCCCO)CC(=O)O. The minimum Gasteiger partial charge on any atom is -0.480 e. The summed E-state index contributed by atoms with van der Waals surface area (Å²) in [5.41, 5.74) is 0. The minimum atomic E-state index is -0.809. The van der Waals surface area contributed by atoms with Crippen LogP contribution in [0.15, 0.2) is 0 Å². The molecule has 0 saturated carbocycles. The second-order valence-electron chi connectivity index (χ2n) is 2.56. The van der Waals surface area contributed by atoms with Crippen LogP contribution in [-0.4, -0.2) is 47.8 Å². The Hall–Kier alpha value is -0.610. The van der Waals surface area contributed by atoms with Gasteiger partial charge in [-0.05, 0) is 26.4 Å². The fraction of sp³-hybridized carbons (Fsp3) is 0.857. The summed E-state index contributed by atoms with van der Waals surface area (Å²) in [6, 6.07) is 0. The number of rotatable bonds is 6. The van der Waals surface area contributed by atoms with Crippen LogP contribution in [0.25, 0.3) is 0 Å². The molecule has 0 heterocycles. The molecule has 0 aromatic carbocycles. The van der Waals surface area contributed by atoms with Crippen LogP contribution in [0.5, 0.6) is 0 Å². The summed E-state index contributed by atoms with van der Waals surface area (Å²) in [4.78, 5) is 11.9. The van der Waals surface area contributed by atoms with Crippen molar-refractivity contribution in [1.82, 2.24) is 4.90 Å². The van der Waals surface area contributed by atoms with Gasteiger partial charge in [0.1, 0.15) is 0 Å². The average molecular weight is 161 g/mol. The van der Waals surface area contributed by atoms with E-state index >= 15 is 0 Å². The zero-order valence-electron chi connectivity index (χ0n) is 6.79. The highest BCUT2D eigenvalue weighted by molar-refractivity contribution is 5.68. The maximum atomic E-state index is 10.2. The number of carboxylic acids is 1. The van der Waals surface area contributed by atoms with Crippen LogP contribution < -0.4 is 0 Å². The van der Waals surface area contributed by atoms with E-state index in [2.05, 4.69) is 0 Å². The zero-order valence-corrected chi connectivity index (χ0v) is 6.79. The highest BCUT2D eigenvalue weighted by atomic mass is 16.4. The minimum absolute atomic E-state index is 0.0748. The van der Waals surface area contributed by atoms with Gasteiger partial charge >= 0.3 is 5.97 Å². The third kappa shape index (κ3) is 7.29. The van der Waals surface area contributed by atoms with Gasteiger partial charge in [0.15, 0.2) is 0 Å². The molecule has 0 fully saturated rings. The molecule has 11 heavy (non-hydrogen) atoms. The molecule has 4 heteroatoms. The van der Waals surface area contributed by atoms with Gasteiger partial charge in [-0.1, -0.05) is 0 Å². The van der Waals surface area contributed by atoms with Crippen molar-refractivity contribution in [2.75, 3.05) is 26.7 Å². The van der Waals surface area contributed by atoms with Crippen molar-refractivity contribution in [3.8, 4) is 0 Å². The summed E-state index contributed by atoms with van der Waals surface area (Å²) in [6.07, 6.45) is 1.59. The summed E-state index contributed by atoms with van der Waals surface area (Å²) >= 11 is 0. The Morgan fingerprint density at radius 2 is 2.09 bits per heavy atom. The quantitative estimate of drug-likeness (QED) is 0.528. The number of aliphatic hydroxyl groups excluding tert-OH is 1. The van der Waals surface area contributed by atoms with E-state index in [4.69, 9.17) is 10.2 Å². The van der Waals surface area contributed by atoms with Crippen LogP contribution >= 0.6 is 0 Å². The van der Waals surface area contributed by atoms with Gasteiger partial charge < -0.3 is 10.2 Å². The van der Waals surface area contributed by atoms with Gasteiger partial charge in [-0.3, -0.25) is 9.69 Å². The number of unbranched alkanes of at least 4 members (excludes halogenated alkanes) is 1. The number of aliphatic hydroxyl groups is 1. The first kappa shape index (κ1) is 10.4. The van der Waals surface area contributed by atoms with E-state index in [9.17, 15) is 4.79 Å². The summed E-state index contributed by atoms with van der Waals surface area (Å²) < 4.78 is 0. The van der Waals surface area contributed by atoms with Crippen molar-refractivity contribution in [2.45, 2.75) is 12.8 Å². The first-order valence-electron chi connectivity index (χ1n) is 3.68. The number of hydrogen-bond donors (Lipinski definition) is 2. The molecular formula is C7H15NO3. The lowest BCUT2D eigenvalue weighted by atomic mass is 10.3. The van der Waals surface area contributed by atoms with Gasteiger partial charge in [-0.2, -0.15) is 0 Å². The second kappa shape index (κ2) is 6.12. The molecule has 0 saturated heterocycles. The summed E-state index contributed by atoms with van der Waals surface area (Å²) in [7, 11) is 1.76. The monoisotopic (exact) mass is 161 g/mol. The Balaban J connectivity index is 3.22. The number of likely N-dealkylation sites (N-methyl/N-ethyl adjacent to an activating group) is 1. The summed E-state index contributed by atoms with van der Waals surface area (Å²) in [6.45, 7) is 0.985. The van der Waals surface area contributed by atoms with E-state index in [0.717, 1.165) is 19.4 Å². The molecule has 0 aliphatic carbocycles. The Bertz CT molecular complexity index is 116. The molecular weight excluding hydrogens is 146 g/mol. The van der Waals surface area contributed by atoms with E-state index in [0.29, 0.717) is 0 Å². The molecule has 0 spiro atoms. The van der Waals surface area contributed by atoms with Gasteiger partial charge in [0.05, 0.1) is 6.54 Å². The average Bonchev–Trinajstić information content (AvgIpc) is 1.86. The topological polar surface area (TPSA) is 60.8 Å². The maximum Gasteiger partial charge on any atom is 0.317 e. The molecule has 0 aromatic heterocycles. The molecule has 0 atom stereocenters. The molecule has 0 amide bonds. The third-order valence-electron chi connectivity index (χ3n) is 1.35. The summed E-state index contributed by atoms with van der Waals surface area (Å²) in [5, 5.41) is 16.8.